The number of benzene rings is 1. The van der Waals surface area contributed by atoms with Crippen LogP contribution in [-0.2, 0) is 11.2 Å². The van der Waals surface area contributed by atoms with Gasteiger partial charge in [0, 0.05) is 0 Å². The van der Waals surface area contributed by atoms with Crippen LogP contribution < -0.4 is 4.74 Å². The summed E-state index contributed by atoms with van der Waals surface area (Å²) in [6, 6.07) is 7.28. The number of aliphatic hydroxyl groups is 1. The molecule has 0 bridgehead atoms. The van der Waals surface area contributed by atoms with Gasteiger partial charge in [0.1, 0.15) is 18.5 Å². The molecular weight excluding hydrogens is 352 g/mol. The highest BCUT2D eigenvalue weighted by atomic mass is 19.3. The van der Waals surface area contributed by atoms with Gasteiger partial charge in [-0.15, -0.1) is 0 Å². The highest BCUT2D eigenvalue weighted by Gasteiger charge is 2.42. The van der Waals surface area contributed by atoms with Crippen LogP contribution in [0, 0.1) is 0 Å². The molecule has 1 rings (SSSR count). The van der Waals surface area contributed by atoms with E-state index in [0.717, 1.165) is 12.8 Å². The number of halogens is 4. The number of ether oxygens (including phenoxy) is 2. The minimum atomic E-state index is -4.57. The fourth-order valence-corrected chi connectivity index (χ4v) is 2.37. The van der Waals surface area contributed by atoms with Gasteiger partial charge < -0.3 is 14.6 Å². The van der Waals surface area contributed by atoms with E-state index in [1.165, 1.54) is 37.7 Å². The van der Waals surface area contributed by atoms with Crippen LogP contribution in [0.1, 0.15) is 51.0 Å². The Labute approximate surface area is 152 Å². The number of hydrogen-bond acceptors (Lipinski definition) is 3. The van der Waals surface area contributed by atoms with E-state index < -0.39 is 25.2 Å². The van der Waals surface area contributed by atoms with E-state index in [0.29, 0.717) is 5.75 Å². The lowest BCUT2D eigenvalue weighted by Crippen LogP contribution is -2.35. The van der Waals surface area contributed by atoms with Crippen LogP contribution in [0.5, 0.6) is 5.75 Å². The van der Waals surface area contributed by atoms with Gasteiger partial charge in [-0.05, 0) is 30.5 Å². The van der Waals surface area contributed by atoms with Crippen molar-refractivity contribution in [2.24, 2.45) is 0 Å². The van der Waals surface area contributed by atoms with Gasteiger partial charge in [-0.2, -0.15) is 8.78 Å². The van der Waals surface area contributed by atoms with Crippen molar-refractivity contribution in [1.29, 1.82) is 0 Å². The van der Waals surface area contributed by atoms with Crippen molar-refractivity contribution in [3.8, 4) is 5.75 Å². The molecule has 0 saturated heterocycles. The lowest BCUT2D eigenvalue weighted by Gasteiger charge is -2.18. The topological polar surface area (TPSA) is 38.7 Å². The Morgan fingerprint density at radius 1 is 0.962 bits per heavy atom. The van der Waals surface area contributed by atoms with E-state index in [4.69, 9.17) is 4.74 Å². The largest absolute Gasteiger partial charge is 0.491 e. The molecular formula is C19H28F4O3. The van der Waals surface area contributed by atoms with Gasteiger partial charge in [0.05, 0.1) is 6.61 Å². The molecule has 1 aromatic rings. The Balaban J connectivity index is 2.23. The summed E-state index contributed by atoms with van der Waals surface area (Å²) < 4.78 is 58.0. The number of unbranched alkanes of at least 4 members (excludes halogenated alkanes) is 5. The van der Waals surface area contributed by atoms with Crippen molar-refractivity contribution < 1.29 is 32.1 Å². The van der Waals surface area contributed by atoms with Crippen molar-refractivity contribution in [3.63, 3.8) is 0 Å². The molecule has 0 amide bonds. The number of aliphatic hydroxyl groups excluding tert-OH is 1. The van der Waals surface area contributed by atoms with Crippen LogP contribution in [0.4, 0.5) is 17.6 Å². The molecule has 0 aliphatic heterocycles. The Morgan fingerprint density at radius 3 is 2.19 bits per heavy atom. The quantitative estimate of drug-likeness (QED) is 0.356. The second-order valence-corrected chi connectivity index (χ2v) is 6.30. The van der Waals surface area contributed by atoms with Crippen LogP contribution in [0.2, 0.25) is 0 Å². The van der Waals surface area contributed by atoms with Crippen molar-refractivity contribution in [3.05, 3.63) is 29.8 Å². The Bertz CT molecular complexity index is 480. The summed E-state index contributed by atoms with van der Waals surface area (Å²) in [6.45, 7) is 0.928. The van der Waals surface area contributed by atoms with E-state index >= 15 is 0 Å². The Kier molecular flexibility index (Phi) is 10.6. The molecule has 0 aromatic heterocycles. The lowest BCUT2D eigenvalue weighted by atomic mass is 10.0. The normalized spacial score (nSPS) is 13.2. The van der Waals surface area contributed by atoms with E-state index in [-0.39, 0.29) is 6.61 Å². The molecule has 1 atom stereocenters. The summed E-state index contributed by atoms with van der Waals surface area (Å²) in [6.07, 6.45) is -1.59. The second kappa shape index (κ2) is 12.1. The summed E-state index contributed by atoms with van der Waals surface area (Å²) in [5.74, 6) is 0.469. The van der Waals surface area contributed by atoms with Crippen LogP contribution in [-0.4, -0.2) is 37.0 Å². The molecule has 150 valence electrons. The molecule has 0 fully saturated rings. The maximum absolute atomic E-state index is 12.6. The number of aryl methyl sites for hydroxylation is 1. The Morgan fingerprint density at radius 2 is 1.58 bits per heavy atom. The Hall–Kier alpha value is -1.34. The van der Waals surface area contributed by atoms with E-state index in [9.17, 15) is 22.7 Å². The minimum absolute atomic E-state index is 0.323. The SMILES string of the molecule is CCCCCCCCc1ccc(OCC(O)COC(F)(F)C(F)F)cc1. The van der Waals surface area contributed by atoms with E-state index in [1.807, 2.05) is 12.1 Å². The summed E-state index contributed by atoms with van der Waals surface area (Å²) in [5.41, 5.74) is 1.17. The predicted octanol–water partition coefficient (Wildman–Crippen LogP) is 5.20. The average molecular weight is 380 g/mol. The summed E-state index contributed by atoms with van der Waals surface area (Å²) >= 11 is 0. The molecule has 1 N–H and O–H groups in total. The molecule has 0 radical (unpaired) electrons. The van der Waals surface area contributed by atoms with Crippen LogP contribution in [0.3, 0.4) is 0 Å². The second-order valence-electron chi connectivity index (χ2n) is 6.30. The zero-order chi connectivity index (χ0) is 19.4. The first-order chi connectivity index (χ1) is 12.3. The zero-order valence-electron chi connectivity index (χ0n) is 15.1. The maximum Gasteiger partial charge on any atom is 0.416 e. The van der Waals surface area contributed by atoms with Crippen molar-refractivity contribution in [1.82, 2.24) is 0 Å². The molecule has 3 nitrogen and oxygen atoms in total. The number of hydrogen-bond donors (Lipinski definition) is 1. The van der Waals surface area contributed by atoms with Gasteiger partial charge in [-0.3, -0.25) is 0 Å². The summed E-state index contributed by atoms with van der Waals surface area (Å²) in [4.78, 5) is 0. The molecule has 0 aliphatic carbocycles. The van der Waals surface area contributed by atoms with Gasteiger partial charge in [-0.1, -0.05) is 51.2 Å². The molecule has 0 saturated carbocycles. The fourth-order valence-electron chi connectivity index (χ4n) is 2.37. The van der Waals surface area contributed by atoms with Gasteiger partial charge in [0.25, 0.3) is 0 Å². The third-order valence-corrected chi connectivity index (χ3v) is 3.91. The summed E-state index contributed by atoms with van der Waals surface area (Å²) in [5, 5.41) is 9.49. The van der Waals surface area contributed by atoms with E-state index in [2.05, 4.69) is 11.7 Å². The third-order valence-electron chi connectivity index (χ3n) is 3.91. The number of alkyl halides is 4. The van der Waals surface area contributed by atoms with Gasteiger partial charge in [0.15, 0.2) is 0 Å². The predicted molar refractivity (Wildman–Crippen MR) is 91.9 cm³/mol. The highest BCUT2D eigenvalue weighted by molar-refractivity contribution is 5.27. The first-order valence-electron chi connectivity index (χ1n) is 9.05. The lowest BCUT2D eigenvalue weighted by molar-refractivity contribution is -0.307. The molecule has 1 aromatic carbocycles. The fraction of sp³-hybridized carbons (Fsp3) is 0.684. The summed E-state index contributed by atoms with van der Waals surface area (Å²) in [7, 11) is 0. The highest BCUT2D eigenvalue weighted by Crippen LogP contribution is 2.24. The molecule has 1 unspecified atom stereocenters. The first-order valence-corrected chi connectivity index (χ1v) is 9.05. The zero-order valence-corrected chi connectivity index (χ0v) is 15.1. The van der Waals surface area contributed by atoms with Gasteiger partial charge in [0.2, 0.25) is 0 Å². The molecule has 26 heavy (non-hydrogen) atoms. The van der Waals surface area contributed by atoms with Gasteiger partial charge in [-0.25, -0.2) is 8.78 Å². The van der Waals surface area contributed by atoms with Crippen molar-refractivity contribution in [2.45, 2.75) is 70.5 Å². The monoisotopic (exact) mass is 380 g/mol. The van der Waals surface area contributed by atoms with Crippen LogP contribution in [0.15, 0.2) is 24.3 Å². The minimum Gasteiger partial charge on any atom is -0.491 e. The van der Waals surface area contributed by atoms with Crippen LogP contribution in [0.25, 0.3) is 0 Å². The van der Waals surface area contributed by atoms with E-state index in [1.54, 1.807) is 12.1 Å². The molecule has 0 aliphatic rings. The first kappa shape index (κ1) is 22.7. The van der Waals surface area contributed by atoms with Crippen LogP contribution >= 0.6 is 0 Å². The standard InChI is InChI=1S/C19H28F4O3/c1-2-3-4-5-6-7-8-15-9-11-17(12-10-15)25-13-16(24)14-26-19(22,23)18(20)21/h9-12,16,18,24H,2-8,13-14H2,1H3. The number of rotatable bonds is 14. The van der Waals surface area contributed by atoms with Crippen molar-refractivity contribution >= 4 is 0 Å². The molecule has 0 heterocycles. The maximum atomic E-state index is 12.6. The molecule has 0 spiro atoms. The average Bonchev–Trinajstić information content (AvgIpc) is 2.62. The van der Waals surface area contributed by atoms with Gasteiger partial charge >= 0.3 is 12.5 Å². The smallest absolute Gasteiger partial charge is 0.416 e. The third kappa shape index (κ3) is 9.38. The van der Waals surface area contributed by atoms with Crippen molar-refractivity contribution in [2.75, 3.05) is 13.2 Å². The molecule has 7 heteroatoms.